The van der Waals surface area contributed by atoms with Crippen LogP contribution in [0.2, 0.25) is 0 Å². The van der Waals surface area contributed by atoms with Crippen molar-refractivity contribution in [2.75, 3.05) is 36.8 Å². The molecule has 1 aliphatic rings. The number of hydrogen-bond donors (Lipinski definition) is 4. The maximum atomic E-state index is 12.5. The number of pyridine rings is 1. The first-order valence-electron chi connectivity index (χ1n) is 11.6. The van der Waals surface area contributed by atoms with Crippen molar-refractivity contribution >= 4 is 27.3 Å². The Morgan fingerprint density at radius 3 is 2.49 bits per heavy atom. The Bertz CT molecular complexity index is 1320. The number of aliphatic hydroxyl groups excluding tert-OH is 2. The topological polar surface area (TPSA) is 200 Å². The Balaban J connectivity index is 0.000000479. The summed E-state index contributed by atoms with van der Waals surface area (Å²) in [6.45, 7) is 9.52. The average Bonchev–Trinajstić information content (AvgIpc) is 3.43. The predicted octanol–water partition coefficient (Wildman–Crippen LogP) is -0.957. The zero-order valence-electron chi connectivity index (χ0n) is 20.7. The van der Waals surface area contributed by atoms with Gasteiger partial charge in [-0.25, -0.2) is 23.8 Å². The zero-order valence-corrected chi connectivity index (χ0v) is 21.5. The van der Waals surface area contributed by atoms with Crippen LogP contribution in [0.25, 0.3) is 11.2 Å². The lowest BCUT2D eigenvalue weighted by atomic mass is 10.1. The van der Waals surface area contributed by atoms with Crippen LogP contribution < -0.4 is 16.1 Å². The van der Waals surface area contributed by atoms with Crippen molar-refractivity contribution in [3.63, 3.8) is 0 Å². The molecule has 4 atom stereocenters. The number of imidazole rings is 1. The molecule has 0 spiro atoms. The van der Waals surface area contributed by atoms with Crippen LogP contribution in [0.3, 0.4) is 0 Å². The molecule has 5 N–H and O–H groups in total. The van der Waals surface area contributed by atoms with Gasteiger partial charge in [0.15, 0.2) is 23.8 Å². The highest BCUT2D eigenvalue weighted by atomic mass is 32.2. The fraction of sp³-hybridized carbons (Fsp3) is 0.524. The van der Waals surface area contributed by atoms with Crippen LogP contribution in [0.5, 0.6) is 0 Å². The Labute approximate surface area is 213 Å². The number of anilines is 1. The number of nitrogens with one attached hydrogen (secondary N) is 1. The molecule has 0 unspecified atom stereocenters. The maximum absolute atomic E-state index is 12.5. The van der Waals surface area contributed by atoms with Crippen LogP contribution in [0.4, 0.5) is 5.82 Å². The highest BCUT2D eigenvalue weighted by Gasteiger charge is 2.48. The van der Waals surface area contributed by atoms with Gasteiger partial charge in [-0.15, -0.1) is 0 Å². The summed E-state index contributed by atoms with van der Waals surface area (Å²) in [6, 6.07) is 4.01. The molecule has 0 radical (unpaired) electrons. The van der Waals surface area contributed by atoms with Gasteiger partial charge in [0, 0.05) is 12.3 Å². The van der Waals surface area contributed by atoms with E-state index in [1.54, 1.807) is 0 Å². The Kier molecular flexibility index (Phi) is 9.52. The second-order valence-electron chi connectivity index (χ2n) is 7.96. The number of aromatic nitrogens is 5. The fourth-order valence-corrected chi connectivity index (χ4v) is 4.65. The molecule has 1 aliphatic heterocycles. The van der Waals surface area contributed by atoms with E-state index in [1.165, 1.54) is 55.2 Å². The van der Waals surface area contributed by atoms with Gasteiger partial charge >= 0.3 is 10.3 Å². The van der Waals surface area contributed by atoms with E-state index < -0.39 is 47.0 Å². The van der Waals surface area contributed by atoms with Crippen LogP contribution in [0.1, 0.15) is 27.0 Å². The number of ether oxygens (including phenoxy) is 1. The molecule has 16 heteroatoms. The summed E-state index contributed by atoms with van der Waals surface area (Å²) < 4.78 is 37.7. The third-order valence-electron chi connectivity index (χ3n) is 5.77. The van der Waals surface area contributed by atoms with Gasteiger partial charge in [-0.05, 0) is 25.7 Å². The second-order valence-corrected chi connectivity index (χ2v) is 9.24. The van der Waals surface area contributed by atoms with Crippen LogP contribution in [-0.4, -0.2) is 92.3 Å². The van der Waals surface area contributed by atoms with E-state index in [1.807, 2.05) is 4.83 Å². The van der Waals surface area contributed by atoms with Crippen molar-refractivity contribution in [2.45, 2.75) is 45.3 Å². The van der Waals surface area contributed by atoms with E-state index in [2.05, 4.69) is 40.6 Å². The quantitative estimate of drug-likeness (QED) is 0.259. The number of hydrogen-bond acceptors (Lipinski definition) is 12. The number of nitrogens with two attached hydrogens (primary N) is 1. The number of nitrogens with zero attached hydrogens (tertiary/aromatic N) is 6. The summed E-state index contributed by atoms with van der Waals surface area (Å²) in [4.78, 5) is 28.0. The third-order valence-corrected chi connectivity index (χ3v) is 6.66. The highest BCUT2D eigenvalue weighted by Crippen LogP contribution is 2.34. The van der Waals surface area contributed by atoms with Gasteiger partial charge in [0.25, 0.3) is 5.56 Å². The minimum absolute atomic E-state index is 0.0891. The van der Waals surface area contributed by atoms with Crippen molar-refractivity contribution in [2.24, 2.45) is 0 Å². The smallest absolute Gasteiger partial charge is 0.374 e. The van der Waals surface area contributed by atoms with Gasteiger partial charge in [-0.3, -0.25) is 9.36 Å². The van der Waals surface area contributed by atoms with Gasteiger partial charge in [-0.1, -0.05) is 26.8 Å². The maximum Gasteiger partial charge on any atom is 0.374 e. The first-order chi connectivity index (χ1) is 17.6. The lowest BCUT2D eigenvalue weighted by molar-refractivity contribution is -0.0483. The summed E-state index contributed by atoms with van der Waals surface area (Å²) in [6.07, 6.45) is -1.78. The number of rotatable bonds is 9. The van der Waals surface area contributed by atoms with E-state index >= 15 is 0 Å². The normalized spacial score (nSPS) is 21.7. The number of nitrogen functional groups attached to an aromatic ring is 1. The second kappa shape index (κ2) is 12.4. The minimum atomic E-state index is -4.59. The van der Waals surface area contributed by atoms with Gasteiger partial charge < -0.3 is 25.6 Å². The number of aliphatic hydroxyl groups is 2. The van der Waals surface area contributed by atoms with Crippen molar-refractivity contribution in [3.8, 4) is 0 Å². The molecule has 4 heterocycles. The van der Waals surface area contributed by atoms with Gasteiger partial charge in [0.2, 0.25) is 0 Å². The van der Waals surface area contributed by atoms with E-state index in [4.69, 9.17) is 14.7 Å². The molecule has 1 saturated heterocycles. The summed E-state index contributed by atoms with van der Waals surface area (Å²) in [5.41, 5.74) is 5.55. The van der Waals surface area contributed by atoms with Gasteiger partial charge in [0.1, 0.15) is 24.1 Å². The van der Waals surface area contributed by atoms with Gasteiger partial charge in [0.05, 0.1) is 12.9 Å². The SMILES string of the molecule is CCN(CC)CC.Nc1ncnc2c1ncn2[C@@H]1O[C@H](CO)[C@@H](O)[C@H]1OS(=O)(=O)Nn1ccccc1=O. The standard InChI is InChI=1S/C15H17N7O7S.C6H15N/c16-13-10-14(18-6-17-13)21(7-19-10)15-12(11(25)8(5-23)28-15)29-30(26,27)20-22-4-2-1-3-9(22)24;1-4-7(5-2)6-3/h1-4,6-8,11-12,15,20,23,25H,5H2,(H2,16,17,18);4-6H2,1-3H3/t8-,11-,12-,15-;/m1./s1. The zero-order chi connectivity index (χ0) is 27.2. The Morgan fingerprint density at radius 2 is 1.89 bits per heavy atom. The third kappa shape index (κ3) is 6.60. The molecule has 1 fully saturated rings. The van der Waals surface area contributed by atoms with E-state index in [0.717, 1.165) is 6.07 Å². The van der Waals surface area contributed by atoms with E-state index in [-0.39, 0.29) is 17.0 Å². The molecule has 15 nitrogen and oxygen atoms in total. The molecular weight excluding hydrogens is 508 g/mol. The van der Waals surface area contributed by atoms with Gasteiger partial charge in [-0.2, -0.15) is 13.2 Å². The molecular formula is C21H32N8O7S. The monoisotopic (exact) mass is 540 g/mol. The lowest BCUT2D eigenvalue weighted by Crippen LogP contribution is -2.41. The molecule has 37 heavy (non-hydrogen) atoms. The van der Waals surface area contributed by atoms with Crippen molar-refractivity contribution in [1.29, 1.82) is 0 Å². The highest BCUT2D eigenvalue weighted by molar-refractivity contribution is 7.87. The summed E-state index contributed by atoms with van der Waals surface area (Å²) in [7, 11) is -4.59. The summed E-state index contributed by atoms with van der Waals surface area (Å²) in [5.74, 6) is 0.0891. The first kappa shape index (κ1) is 28.4. The summed E-state index contributed by atoms with van der Waals surface area (Å²) in [5, 5.41) is 19.9. The molecule has 0 saturated carbocycles. The van der Waals surface area contributed by atoms with Crippen LogP contribution in [-0.2, 0) is 19.2 Å². The Hall–Kier alpha value is -3.15. The molecule has 204 valence electrons. The van der Waals surface area contributed by atoms with E-state index in [0.29, 0.717) is 4.68 Å². The average molecular weight is 541 g/mol. The molecule has 3 aromatic rings. The predicted molar refractivity (Wildman–Crippen MR) is 134 cm³/mol. The molecule has 3 aromatic heterocycles. The molecule has 4 rings (SSSR count). The van der Waals surface area contributed by atoms with E-state index in [9.17, 15) is 23.4 Å². The molecule has 0 bridgehead atoms. The summed E-state index contributed by atoms with van der Waals surface area (Å²) >= 11 is 0. The van der Waals surface area contributed by atoms with Crippen LogP contribution in [0.15, 0.2) is 41.8 Å². The van der Waals surface area contributed by atoms with Crippen LogP contribution in [0, 0.1) is 0 Å². The number of fused-ring (bicyclic) bond motifs is 1. The molecule has 0 amide bonds. The first-order valence-corrected chi connectivity index (χ1v) is 13.0. The largest absolute Gasteiger partial charge is 0.394 e. The van der Waals surface area contributed by atoms with Crippen molar-refractivity contribution < 1.29 is 27.6 Å². The van der Waals surface area contributed by atoms with Crippen molar-refractivity contribution in [3.05, 3.63) is 47.4 Å². The van der Waals surface area contributed by atoms with Crippen molar-refractivity contribution in [1.82, 2.24) is 29.1 Å². The molecule has 0 aromatic carbocycles. The fourth-order valence-electron chi connectivity index (χ4n) is 3.71. The Morgan fingerprint density at radius 1 is 1.19 bits per heavy atom. The molecule has 0 aliphatic carbocycles. The van der Waals surface area contributed by atoms with Crippen LogP contribution >= 0.6 is 0 Å². The minimum Gasteiger partial charge on any atom is -0.394 e. The lowest BCUT2D eigenvalue weighted by Gasteiger charge is -2.22.